The average Bonchev–Trinajstić information content (AvgIpc) is 3.46. The van der Waals surface area contributed by atoms with E-state index in [1.54, 1.807) is 4.68 Å². The largest absolute Gasteiger partial charge is 0.484 e. The van der Waals surface area contributed by atoms with Crippen LogP contribution in [-0.2, 0) is 20.1 Å². The molecule has 0 bridgehead atoms. The van der Waals surface area contributed by atoms with Crippen LogP contribution >= 0.6 is 23.4 Å². The fourth-order valence-electron chi connectivity index (χ4n) is 6.05. The number of benzene rings is 2. The number of nitrogens with one attached hydrogen (secondary N) is 1. The molecule has 2 aromatic carbocycles. The van der Waals surface area contributed by atoms with Gasteiger partial charge in [0.1, 0.15) is 17.9 Å². The van der Waals surface area contributed by atoms with E-state index >= 15 is 0 Å². The maximum absolute atomic E-state index is 13.8. The molecule has 232 valence electrons. The third-order valence-electron chi connectivity index (χ3n) is 8.46. The van der Waals surface area contributed by atoms with Crippen LogP contribution in [0.1, 0.15) is 75.5 Å². The predicted octanol–water partition coefficient (Wildman–Crippen LogP) is 6.78. The second-order valence-corrected chi connectivity index (χ2v) is 12.9. The number of carbonyl (C=O) groups is 2. The summed E-state index contributed by atoms with van der Waals surface area (Å²) in [5, 5.41) is 9.41. The molecule has 3 aromatic rings. The van der Waals surface area contributed by atoms with Crippen molar-refractivity contribution in [1.82, 2.24) is 19.7 Å². The summed E-state index contributed by atoms with van der Waals surface area (Å²) in [6, 6.07) is 14.7. The van der Waals surface area contributed by atoms with Crippen LogP contribution in [0.5, 0.6) is 5.75 Å². The summed E-state index contributed by atoms with van der Waals surface area (Å²) in [5.74, 6) is 1.42. The molecule has 0 spiro atoms. The number of rotatable bonds is 9. The molecular formula is C33H38ClN5O4S. The highest BCUT2D eigenvalue weighted by Gasteiger charge is 2.36. The molecule has 1 saturated carbocycles. The molecular weight excluding hydrogens is 598 g/mol. The van der Waals surface area contributed by atoms with Gasteiger partial charge in [0, 0.05) is 29.6 Å². The molecule has 3 heterocycles. The van der Waals surface area contributed by atoms with Crippen molar-refractivity contribution in [2.24, 2.45) is 0 Å². The van der Waals surface area contributed by atoms with Crippen LogP contribution in [0.3, 0.4) is 0 Å². The number of likely N-dealkylation sites (tertiary alicyclic amines) is 1. The topological polar surface area (TPSA) is 98.6 Å². The van der Waals surface area contributed by atoms with Crippen molar-refractivity contribution >= 4 is 41.2 Å². The molecule has 2 aliphatic heterocycles. The zero-order chi connectivity index (χ0) is 30.5. The molecule has 6 rings (SSSR count). The highest BCUT2D eigenvalue weighted by Crippen LogP contribution is 2.38. The van der Waals surface area contributed by atoms with E-state index in [4.69, 9.17) is 31.2 Å². The summed E-state index contributed by atoms with van der Waals surface area (Å²) in [6.07, 6.45) is 8.25. The van der Waals surface area contributed by atoms with Crippen molar-refractivity contribution < 1.29 is 19.1 Å². The SMILES string of the molecule is CC1=C(C(=O)OC2CCCCC2)C(c2ccc(OCC(=O)N3CCCCC3)cc2)n2nc(SCc3ccccc3Cl)nc2N1. The van der Waals surface area contributed by atoms with Crippen molar-refractivity contribution in [2.45, 2.75) is 81.3 Å². The summed E-state index contributed by atoms with van der Waals surface area (Å²) in [7, 11) is 0. The minimum Gasteiger partial charge on any atom is -0.484 e. The molecule has 1 atom stereocenters. The standard InChI is InChI=1S/C33H38ClN5O4S/c1-22-29(31(41)43-26-11-4-2-5-12-26)30(23-14-16-25(17-15-23)42-20-28(40)38-18-8-3-9-19-38)39-32(35-22)36-33(37-39)44-21-24-10-6-7-13-27(24)34/h6-7,10,13-17,26,30H,2-5,8-9,11-12,18-21H2,1H3,(H,35,36,37). The molecule has 1 aromatic heterocycles. The van der Waals surface area contributed by atoms with Gasteiger partial charge in [-0.1, -0.05) is 60.1 Å². The van der Waals surface area contributed by atoms with Crippen molar-refractivity contribution in [3.8, 4) is 5.75 Å². The van der Waals surface area contributed by atoms with E-state index in [0.29, 0.717) is 38.9 Å². The number of nitrogens with zero attached hydrogens (tertiary/aromatic N) is 4. The first kappa shape index (κ1) is 30.5. The van der Waals surface area contributed by atoms with E-state index in [1.165, 1.54) is 24.6 Å². The van der Waals surface area contributed by atoms with Crippen molar-refractivity contribution in [2.75, 3.05) is 25.0 Å². The van der Waals surface area contributed by atoms with Crippen LogP contribution in [0, 0.1) is 0 Å². The number of allylic oxidation sites excluding steroid dienone is 1. The molecule has 1 aliphatic carbocycles. The minimum absolute atomic E-state index is 0.00388. The predicted molar refractivity (Wildman–Crippen MR) is 171 cm³/mol. The first-order valence-corrected chi connectivity index (χ1v) is 16.8. The molecule has 11 heteroatoms. The number of amides is 1. The fourth-order valence-corrected chi connectivity index (χ4v) is 7.16. The van der Waals surface area contributed by atoms with Gasteiger partial charge in [0.2, 0.25) is 11.1 Å². The smallest absolute Gasteiger partial charge is 0.338 e. The van der Waals surface area contributed by atoms with Gasteiger partial charge >= 0.3 is 5.97 Å². The Labute approximate surface area is 267 Å². The van der Waals surface area contributed by atoms with Gasteiger partial charge in [-0.15, -0.1) is 5.10 Å². The highest BCUT2D eigenvalue weighted by atomic mass is 35.5. The van der Waals surface area contributed by atoms with Crippen LogP contribution < -0.4 is 10.1 Å². The number of piperidine rings is 1. The Bertz CT molecular complexity index is 1510. The summed E-state index contributed by atoms with van der Waals surface area (Å²) < 4.78 is 13.7. The normalized spacial score (nSPS) is 18.9. The highest BCUT2D eigenvalue weighted by molar-refractivity contribution is 7.98. The summed E-state index contributed by atoms with van der Waals surface area (Å²) in [6.45, 7) is 3.47. The molecule has 3 aliphatic rings. The molecule has 1 amide bonds. The van der Waals surface area contributed by atoms with E-state index in [0.717, 1.165) is 62.7 Å². The maximum Gasteiger partial charge on any atom is 0.338 e. The molecule has 1 unspecified atom stereocenters. The quantitative estimate of drug-likeness (QED) is 0.203. The maximum atomic E-state index is 13.8. The number of thioether (sulfide) groups is 1. The Kier molecular flexibility index (Phi) is 9.76. The second-order valence-electron chi connectivity index (χ2n) is 11.6. The van der Waals surface area contributed by atoms with E-state index < -0.39 is 6.04 Å². The first-order valence-electron chi connectivity index (χ1n) is 15.5. The van der Waals surface area contributed by atoms with Crippen LogP contribution in [0.25, 0.3) is 0 Å². The Balaban J connectivity index is 1.24. The number of fused-ring (bicyclic) bond motifs is 1. The van der Waals surface area contributed by atoms with Crippen molar-refractivity contribution in [1.29, 1.82) is 0 Å². The lowest BCUT2D eigenvalue weighted by molar-refractivity contribution is -0.146. The first-order chi connectivity index (χ1) is 21.5. The molecule has 1 saturated heterocycles. The van der Waals surface area contributed by atoms with Crippen LogP contribution in [0.15, 0.2) is 65.0 Å². The number of hydrogen-bond acceptors (Lipinski definition) is 8. The van der Waals surface area contributed by atoms with Gasteiger partial charge in [-0.25, -0.2) is 9.48 Å². The lowest BCUT2D eigenvalue weighted by atomic mass is 9.95. The summed E-state index contributed by atoms with van der Waals surface area (Å²) >= 11 is 7.86. The number of carbonyl (C=O) groups excluding carboxylic acids is 2. The third kappa shape index (κ3) is 7.07. The van der Waals surface area contributed by atoms with Gasteiger partial charge < -0.3 is 19.7 Å². The van der Waals surface area contributed by atoms with Gasteiger partial charge in [0.05, 0.1) is 5.57 Å². The second kappa shape index (κ2) is 14.1. The lowest BCUT2D eigenvalue weighted by Gasteiger charge is -2.30. The summed E-state index contributed by atoms with van der Waals surface area (Å²) in [5.41, 5.74) is 3.03. The van der Waals surface area contributed by atoms with E-state index in [2.05, 4.69) is 5.32 Å². The van der Waals surface area contributed by atoms with Gasteiger partial charge in [-0.05, 0) is 81.2 Å². The number of hydrogen-bond donors (Lipinski definition) is 1. The molecule has 0 radical (unpaired) electrons. The number of ether oxygens (including phenoxy) is 2. The zero-order valence-corrected chi connectivity index (χ0v) is 26.5. The van der Waals surface area contributed by atoms with Crippen LogP contribution in [-0.4, -0.2) is 57.3 Å². The number of halogens is 1. The van der Waals surface area contributed by atoms with E-state index in [1.807, 2.05) is 60.4 Å². The van der Waals surface area contributed by atoms with Crippen molar-refractivity contribution in [3.63, 3.8) is 0 Å². The van der Waals surface area contributed by atoms with Crippen LogP contribution in [0.2, 0.25) is 5.02 Å². The minimum atomic E-state index is -0.548. The number of esters is 1. The number of anilines is 1. The zero-order valence-electron chi connectivity index (χ0n) is 25.0. The van der Waals surface area contributed by atoms with Crippen molar-refractivity contribution in [3.05, 3.63) is 76.0 Å². The van der Waals surface area contributed by atoms with Gasteiger partial charge in [-0.2, -0.15) is 4.98 Å². The molecule has 9 nitrogen and oxygen atoms in total. The Hall–Kier alpha value is -3.50. The molecule has 2 fully saturated rings. The third-order valence-corrected chi connectivity index (χ3v) is 9.72. The molecule has 1 N–H and O–H groups in total. The number of aromatic nitrogens is 3. The van der Waals surface area contributed by atoms with Gasteiger partial charge in [0.25, 0.3) is 5.91 Å². The monoisotopic (exact) mass is 635 g/mol. The fraction of sp³-hybridized carbons (Fsp3) is 0.455. The van der Waals surface area contributed by atoms with Gasteiger partial charge in [-0.3, -0.25) is 4.79 Å². The Morgan fingerprint density at radius 2 is 1.73 bits per heavy atom. The lowest BCUT2D eigenvalue weighted by Crippen LogP contribution is -2.38. The van der Waals surface area contributed by atoms with Crippen LogP contribution in [0.4, 0.5) is 5.95 Å². The average molecular weight is 636 g/mol. The van der Waals surface area contributed by atoms with E-state index in [-0.39, 0.29) is 24.6 Å². The van der Waals surface area contributed by atoms with E-state index in [9.17, 15) is 9.59 Å². The van der Waals surface area contributed by atoms with Gasteiger partial charge in [0.15, 0.2) is 6.61 Å². The Morgan fingerprint density at radius 3 is 2.48 bits per heavy atom. The molecule has 44 heavy (non-hydrogen) atoms. The Morgan fingerprint density at radius 1 is 1.00 bits per heavy atom. The summed E-state index contributed by atoms with van der Waals surface area (Å²) in [4.78, 5) is 33.0.